The Balaban J connectivity index is 2.78. The third kappa shape index (κ3) is 3.57. The van der Waals surface area contributed by atoms with Crippen molar-refractivity contribution in [2.75, 3.05) is 19.6 Å². The zero-order valence-electron chi connectivity index (χ0n) is 11.3. The van der Waals surface area contributed by atoms with Crippen molar-refractivity contribution in [2.45, 2.75) is 38.8 Å². The van der Waals surface area contributed by atoms with Crippen LogP contribution < -0.4 is 5.32 Å². The van der Waals surface area contributed by atoms with Gasteiger partial charge in [-0.25, -0.2) is 8.42 Å². The first kappa shape index (κ1) is 15.2. The lowest BCUT2D eigenvalue weighted by Crippen LogP contribution is -2.30. The summed E-state index contributed by atoms with van der Waals surface area (Å²) in [5, 5.41) is 3.20. The maximum atomic E-state index is 12.1. The number of hydrogen-bond donors (Lipinski definition) is 1. The highest BCUT2D eigenvalue weighted by Gasteiger charge is 2.25. The van der Waals surface area contributed by atoms with Crippen LogP contribution in [-0.2, 0) is 16.6 Å². The molecular weight excluding hydrogens is 252 g/mol. The van der Waals surface area contributed by atoms with Crippen LogP contribution in [0.15, 0.2) is 21.6 Å². The van der Waals surface area contributed by atoms with Crippen LogP contribution in [0, 0.1) is 0 Å². The molecule has 0 aromatic carbocycles. The van der Waals surface area contributed by atoms with E-state index in [-0.39, 0.29) is 5.09 Å². The Hall–Kier alpha value is -0.850. The van der Waals surface area contributed by atoms with Gasteiger partial charge in [0.1, 0.15) is 5.76 Å². The topological polar surface area (TPSA) is 62.6 Å². The van der Waals surface area contributed by atoms with Gasteiger partial charge in [-0.05, 0) is 25.1 Å². The van der Waals surface area contributed by atoms with Gasteiger partial charge in [0.05, 0.1) is 6.54 Å². The summed E-state index contributed by atoms with van der Waals surface area (Å²) in [6.07, 6.45) is 1.03. The van der Waals surface area contributed by atoms with Crippen LogP contribution in [-0.4, -0.2) is 32.4 Å². The minimum Gasteiger partial charge on any atom is -0.447 e. The van der Waals surface area contributed by atoms with Gasteiger partial charge in [-0.2, -0.15) is 4.31 Å². The molecule has 0 bridgehead atoms. The smallest absolute Gasteiger partial charge is 0.276 e. The Morgan fingerprint density at radius 3 is 2.44 bits per heavy atom. The molecule has 0 spiro atoms. The van der Waals surface area contributed by atoms with Crippen LogP contribution in [0.2, 0.25) is 0 Å². The molecule has 6 heteroatoms. The van der Waals surface area contributed by atoms with Gasteiger partial charge < -0.3 is 9.73 Å². The van der Waals surface area contributed by atoms with Gasteiger partial charge in [0.2, 0.25) is 5.09 Å². The zero-order valence-corrected chi connectivity index (χ0v) is 12.1. The summed E-state index contributed by atoms with van der Waals surface area (Å²) in [5.41, 5.74) is 0. The highest BCUT2D eigenvalue weighted by atomic mass is 32.2. The molecule has 1 rings (SSSR count). The molecule has 0 amide bonds. The van der Waals surface area contributed by atoms with Crippen molar-refractivity contribution >= 4 is 10.0 Å². The van der Waals surface area contributed by atoms with Crippen molar-refractivity contribution in [3.63, 3.8) is 0 Å². The maximum Gasteiger partial charge on any atom is 0.276 e. The zero-order chi connectivity index (χ0) is 13.6. The van der Waals surface area contributed by atoms with E-state index in [4.69, 9.17) is 4.42 Å². The van der Waals surface area contributed by atoms with E-state index in [1.165, 1.54) is 10.4 Å². The molecule has 0 unspecified atom stereocenters. The average molecular weight is 274 g/mol. The molecule has 5 nitrogen and oxygen atoms in total. The monoisotopic (exact) mass is 274 g/mol. The van der Waals surface area contributed by atoms with Gasteiger partial charge in [0, 0.05) is 13.1 Å². The summed E-state index contributed by atoms with van der Waals surface area (Å²) >= 11 is 0. The molecule has 18 heavy (non-hydrogen) atoms. The molecule has 104 valence electrons. The molecule has 0 saturated carbocycles. The SMILES string of the molecule is CCCNCc1ccc(S(=O)(=O)N(CC)CC)o1. The number of rotatable bonds is 8. The van der Waals surface area contributed by atoms with Crippen LogP contribution in [0.3, 0.4) is 0 Å². The van der Waals surface area contributed by atoms with Crippen LogP contribution in [0.1, 0.15) is 33.0 Å². The first-order valence-electron chi connectivity index (χ1n) is 6.35. The molecule has 1 aromatic rings. The van der Waals surface area contributed by atoms with Gasteiger partial charge >= 0.3 is 0 Å². The lowest BCUT2D eigenvalue weighted by molar-refractivity contribution is 0.373. The van der Waals surface area contributed by atoms with Crippen molar-refractivity contribution < 1.29 is 12.8 Å². The maximum absolute atomic E-state index is 12.1. The molecule has 0 aliphatic heterocycles. The third-order valence-corrected chi connectivity index (χ3v) is 4.59. The first-order valence-corrected chi connectivity index (χ1v) is 7.79. The Kier molecular flexibility index (Phi) is 5.84. The summed E-state index contributed by atoms with van der Waals surface area (Å²) in [4.78, 5) is 0. The van der Waals surface area contributed by atoms with Crippen molar-refractivity contribution in [3.8, 4) is 0 Å². The molecule has 1 N–H and O–H groups in total. The molecule has 1 aromatic heterocycles. The second-order valence-electron chi connectivity index (χ2n) is 3.99. The van der Waals surface area contributed by atoms with E-state index in [2.05, 4.69) is 12.2 Å². The molecule has 0 aliphatic carbocycles. The summed E-state index contributed by atoms with van der Waals surface area (Å²) < 4.78 is 31.1. The average Bonchev–Trinajstić information content (AvgIpc) is 2.80. The molecule has 0 atom stereocenters. The van der Waals surface area contributed by atoms with Crippen molar-refractivity contribution in [3.05, 3.63) is 17.9 Å². The van der Waals surface area contributed by atoms with Crippen LogP contribution in [0.4, 0.5) is 0 Å². The van der Waals surface area contributed by atoms with Gasteiger partial charge in [0.15, 0.2) is 0 Å². The predicted octanol–water partition coefficient (Wildman–Crippen LogP) is 1.81. The second-order valence-corrected chi connectivity index (χ2v) is 5.86. The standard InChI is InChI=1S/C12H22N2O3S/c1-4-9-13-10-11-7-8-12(17-11)18(15,16)14(5-2)6-3/h7-8,13H,4-6,9-10H2,1-3H3. The van der Waals surface area contributed by atoms with Crippen molar-refractivity contribution in [2.24, 2.45) is 0 Å². The molecule has 0 radical (unpaired) electrons. The minimum absolute atomic E-state index is 0.0273. The summed E-state index contributed by atoms with van der Waals surface area (Å²) in [5.74, 6) is 0.647. The van der Waals surface area contributed by atoms with Crippen LogP contribution in [0.5, 0.6) is 0 Å². The number of sulfonamides is 1. The lowest BCUT2D eigenvalue weighted by Gasteiger charge is -2.16. The predicted molar refractivity (Wildman–Crippen MR) is 70.8 cm³/mol. The summed E-state index contributed by atoms with van der Waals surface area (Å²) in [6.45, 7) is 8.04. The number of hydrogen-bond acceptors (Lipinski definition) is 4. The van der Waals surface area contributed by atoms with E-state index in [1.54, 1.807) is 6.07 Å². The Morgan fingerprint density at radius 2 is 1.89 bits per heavy atom. The fourth-order valence-electron chi connectivity index (χ4n) is 1.67. The summed E-state index contributed by atoms with van der Waals surface area (Å²) in [6, 6.07) is 3.23. The minimum atomic E-state index is -3.47. The summed E-state index contributed by atoms with van der Waals surface area (Å²) in [7, 11) is -3.47. The second kappa shape index (κ2) is 6.92. The fourth-order valence-corrected chi connectivity index (χ4v) is 3.06. The van der Waals surface area contributed by atoms with Crippen molar-refractivity contribution in [1.82, 2.24) is 9.62 Å². The van der Waals surface area contributed by atoms with Gasteiger partial charge in [0.25, 0.3) is 10.0 Å². The fraction of sp³-hybridized carbons (Fsp3) is 0.667. The number of nitrogens with zero attached hydrogens (tertiary/aromatic N) is 1. The Morgan fingerprint density at radius 1 is 1.22 bits per heavy atom. The van der Waals surface area contributed by atoms with E-state index < -0.39 is 10.0 Å². The lowest BCUT2D eigenvalue weighted by atomic mass is 10.4. The van der Waals surface area contributed by atoms with E-state index in [1.807, 2.05) is 13.8 Å². The Labute approximate surface area is 109 Å². The van der Waals surface area contributed by atoms with Gasteiger partial charge in [-0.3, -0.25) is 0 Å². The van der Waals surface area contributed by atoms with E-state index in [9.17, 15) is 8.42 Å². The molecule has 0 saturated heterocycles. The van der Waals surface area contributed by atoms with E-state index in [0.717, 1.165) is 13.0 Å². The Bertz CT molecular complexity index is 450. The molecular formula is C12H22N2O3S. The van der Waals surface area contributed by atoms with Crippen LogP contribution >= 0.6 is 0 Å². The van der Waals surface area contributed by atoms with Crippen molar-refractivity contribution in [1.29, 1.82) is 0 Å². The highest BCUT2D eigenvalue weighted by Crippen LogP contribution is 2.18. The van der Waals surface area contributed by atoms with Gasteiger partial charge in [-0.15, -0.1) is 0 Å². The van der Waals surface area contributed by atoms with Gasteiger partial charge in [-0.1, -0.05) is 20.8 Å². The van der Waals surface area contributed by atoms with E-state index in [0.29, 0.717) is 25.4 Å². The first-order chi connectivity index (χ1) is 8.56. The largest absolute Gasteiger partial charge is 0.447 e. The molecule has 0 aliphatic rings. The third-order valence-electron chi connectivity index (χ3n) is 2.66. The highest BCUT2D eigenvalue weighted by molar-refractivity contribution is 7.89. The van der Waals surface area contributed by atoms with E-state index >= 15 is 0 Å². The van der Waals surface area contributed by atoms with Crippen LogP contribution in [0.25, 0.3) is 0 Å². The molecule has 0 fully saturated rings. The molecule has 1 heterocycles. The number of nitrogens with one attached hydrogen (secondary N) is 1. The number of furan rings is 1. The quantitative estimate of drug-likeness (QED) is 0.734. The normalized spacial score (nSPS) is 12.2.